The van der Waals surface area contributed by atoms with Crippen LogP contribution in [0.25, 0.3) is 0 Å². The summed E-state index contributed by atoms with van der Waals surface area (Å²) in [6, 6.07) is 0. The lowest BCUT2D eigenvalue weighted by Gasteiger charge is -2.61. The van der Waals surface area contributed by atoms with Gasteiger partial charge in [0.2, 0.25) is 0 Å². The van der Waals surface area contributed by atoms with E-state index in [9.17, 15) is 15.3 Å². The second-order valence-electron chi connectivity index (χ2n) is 10.6. The Bertz CT molecular complexity index is 523. The van der Waals surface area contributed by atoms with Crippen molar-refractivity contribution in [2.45, 2.75) is 84.5 Å². The quantitative estimate of drug-likeness (QED) is 0.695. The fourth-order valence-electron chi connectivity index (χ4n) is 7.20. The predicted octanol–water partition coefficient (Wildman–Crippen LogP) is 2.97. The van der Waals surface area contributed by atoms with Crippen LogP contribution in [-0.4, -0.2) is 33.1 Å². The third-order valence-corrected chi connectivity index (χ3v) is 9.08. The first kappa shape index (κ1) is 16.4. The molecule has 9 atom stereocenters. The Labute approximate surface area is 140 Å². The maximum absolute atomic E-state index is 11.6. The Morgan fingerprint density at radius 2 is 1.57 bits per heavy atom. The molecule has 4 rings (SSSR count). The van der Waals surface area contributed by atoms with Gasteiger partial charge in [-0.2, -0.15) is 0 Å². The fourth-order valence-corrected chi connectivity index (χ4v) is 7.20. The molecule has 4 saturated carbocycles. The molecule has 4 aliphatic rings. The summed E-state index contributed by atoms with van der Waals surface area (Å²) in [5, 5.41) is 33.9. The van der Waals surface area contributed by atoms with Crippen molar-refractivity contribution in [3.63, 3.8) is 0 Å². The summed E-state index contributed by atoms with van der Waals surface area (Å²) in [4.78, 5) is 0. The summed E-state index contributed by atoms with van der Waals surface area (Å²) in [5.41, 5.74) is -1.02. The Kier molecular flexibility index (Phi) is 3.09. The van der Waals surface area contributed by atoms with Crippen LogP contribution in [-0.2, 0) is 0 Å². The van der Waals surface area contributed by atoms with E-state index < -0.39 is 5.60 Å². The molecule has 4 fully saturated rings. The Morgan fingerprint density at radius 3 is 2.17 bits per heavy atom. The Hall–Kier alpha value is -0.120. The van der Waals surface area contributed by atoms with Crippen LogP contribution < -0.4 is 0 Å². The van der Waals surface area contributed by atoms with E-state index in [1.807, 2.05) is 0 Å². The molecule has 0 unspecified atom stereocenters. The van der Waals surface area contributed by atoms with Gasteiger partial charge < -0.3 is 15.3 Å². The van der Waals surface area contributed by atoms with Gasteiger partial charge in [-0.3, -0.25) is 0 Å². The van der Waals surface area contributed by atoms with E-state index in [-0.39, 0.29) is 46.2 Å². The smallest absolute Gasteiger partial charge is 0.0708 e. The van der Waals surface area contributed by atoms with Gasteiger partial charge in [-0.25, -0.2) is 0 Å². The van der Waals surface area contributed by atoms with E-state index in [1.165, 1.54) is 0 Å². The largest absolute Gasteiger partial charge is 0.393 e. The van der Waals surface area contributed by atoms with Crippen molar-refractivity contribution in [1.29, 1.82) is 0 Å². The summed E-state index contributed by atoms with van der Waals surface area (Å²) in [6.45, 7) is 10.9. The lowest BCUT2D eigenvalue weighted by molar-refractivity contribution is -0.223. The molecule has 0 amide bonds. The van der Waals surface area contributed by atoms with Crippen LogP contribution in [0.1, 0.15) is 66.7 Å². The summed E-state index contributed by atoms with van der Waals surface area (Å²) in [6.07, 6.45) is 3.91. The molecule has 0 heterocycles. The minimum absolute atomic E-state index is 0.00266. The average Bonchev–Trinajstić information content (AvgIpc) is 3.01. The summed E-state index contributed by atoms with van der Waals surface area (Å²) in [7, 11) is 0. The summed E-state index contributed by atoms with van der Waals surface area (Å²) in [5.74, 6) is 0.858. The molecule has 0 radical (unpaired) electrons. The van der Waals surface area contributed by atoms with E-state index in [0.29, 0.717) is 5.92 Å². The van der Waals surface area contributed by atoms with E-state index in [0.717, 1.165) is 32.1 Å². The third kappa shape index (κ3) is 1.77. The highest BCUT2D eigenvalue weighted by molar-refractivity contribution is 5.23. The molecule has 3 heteroatoms. The lowest BCUT2D eigenvalue weighted by Crippen LogP contribution is -2.64. The number of hydrogen-bond donors (Lipinski definition) is 3. The zero-order valence-electron chi connectivity index (χ0n) is 15.3. The second-order valence-corrected chi connectivity index (χ2v) is 10.6. The standard InChI is InChI=1S/C20H34O3/c1-11(2)20(23)7-6-18(4)13(21)10-17(3)8-12-9-19(12,5)16(22)14(17)15(18)20/h11-16,21-23H,6-10H2,1-5H3/t12-,13+,14-,15+,16-,17+,18+,19+,20+/m0/s1. The first-order chi connectivity index (χ1) is 10.5. The molecule has 0 saturated heterocycles. The molecular weight excluding hydrogens is 288 g/mol. The predicted molar refractivity (Wildman–Crippen MR) is 89.7 cm³/mol. The van der Waals surface area contributed by atoms with Crippen molar-refractivity contribution < 1.29 is 15.3 Å². The highest BCUT2D eigenvalue weighted by atomic mass is 16.3. The average molecular weight is 322 g/mol. The van der Waals surface area contributed by atoms with Crippen molar-refractivity contribution in [3.05, 3.63) is 0 Å². The molecule has 0 aromatic rings. The molecule has 0 aliphatic heterocycles. The number of aliphatic hydroxyl groups is 3. The molecule has 0 aromatic heterocycles. The minimum Gasteiger partial charge on any atom is -0.393 e. The second kappa shape index (κ2) is 4.34. The highest BCUT2D eigenvalue weighted by Gasteiger charge is 2.74. The summed E-state index contributed by atoms with van der Waals surface area (Å²) < 4.78 is 0. The van der Waals surface area contributed by atoms with Gasteiger partial charge in [0.1, 0.15) is 0 Å². The van der Waals surface area contributed by atoms with Gasteiger partial charge in [0.25, 0.3) is 0 Å². The van der Waals surface area contributed by atoms with Gasteiger partial charge in [-0.15, -0.1) is 0 Å². The number of hydrogen-bond acceptors (Lipinski definition) is 3. The molecule has 0 aromatic carbocycles. The topological polar surface area (TPSA) is 60.7 Å². The molecule has 0 bridgehead atoms. The van der Waals surface area contributed by atoms with Crippen LogP contribution in [0.4, 0.5) is 0 Å². The molecule has 132 valence electrons. The monoisotopic (exact) mass is 322 g/mol. The number of rotatable bonds is 1. The van der Waals surface area contributed by atoms with Crippen LogP contribution in [0.2, 0.25) is 0 Å². The maximum atomic E-state index is 11.6. The van der Waals surface area contributed by atoms with E-state index in [2.05, 4.69) is 34.6 Å². The number of aliphatic hydroxyl groups excluding tert-OH is 2. The van der Waals surface area contributed by atoms with Gasteiger partial charge >= 0.3 is 0 Å². The van der Waals surface area contributed by atoms with Crippen LogP contribution in [0, 0.1) is 39.9 Å². The SMILES string of the molecule is CC(C)[C@]1(O)CC[C@]2(C)[C@H](O)C[C@@]3(C)C[C@H]4C[C@@]4(C)[C@@H](O)[C@@H]3[C@H]21. The molecule has 0 spiro atoms. The van der Waals surface area contributed by atoms with Gasteiger partial charge in [-0.05, 0) is 66.1 Å². The van der Waals surface area contributed by atoms with Crippen molar-refractivity contribution >= 4 is 0 Å². The highest BCUT2D eigenvalue weighted by Crippen LogP contribution is 2.75. The molecule has 3 nitrogen and oxygen atoms in total. The van der Waals surface area contributed by atoms with Gasteiger partial charge in [0.15, 0.2) is 0 Å². The molecule has 3 N–H and O–H groups in total. The zero-order chi connectivity index (χ0) is 17.0. The molecule has 4 aliphatic carbocycles. The Morgan fingerprint density at radius 1 is 0.913 bits per heavy atom. The Balaban J connectivity index is 1.84. The van der Waals surface area contributed by atoms with E-state index in [1.54, 1.807) is 0 Å². The van der Waals surface area contributed by atoms with E-state index in [4.69, 9.17) is 0 Å². The zero-order valence-corrected chi connectivity index (χ0v) is 15.3. The van der Waals surface area contributed by atoms with Gasteiger partial charge in [0, 0.05) is 5.92 Å². The molecular formula is C20H34O3. The maximum Gasteiger partial charge on any atom is 0.0708 e. The lowest BCUT2D eigenvalue weighted by atomic mass is 9.45. The van der Waals surface area contributed by atoms with Crippen molar-refractivity contribution in [2.75, 3.05) is 0 Å². The van der Waals surface area contributed by atoms with Crippen LogP contribution in [0.15, 0.2) is 0 Å². The number of fused-ring (bicyclic) bond motifs is 4. The van der Waals surface area contributed by atoms with Crippen molar-refractivity contribution in [3.8, 4) is 0 Å². The summed E-state index contributed by atoms with van der Waals surface area (Å²) >= 11 is 0. The van der Waals surface area contributed by atoms with Gasteiger partial charge in [-0.1, -0.05) is 34.6 Å². The van der Waals surface area contributed by atoms with E-state index >= 15 is 0 Å². The van der Waals surface area contributed by atoms with Crippen LogP contribution in [0.5, 0.6) is 0 Å². The van der Waals surface area contributed by atoms with Gasteiger partial charge in [0.05, 0.1) is 17.8 Å². The third-order valence-electron chi connectivity index (χ3n) is 9.08. The van der Waals surface area contributed by atoms with Crippen LogP contribution in [0.3, 0.4) is 0 Å². The van der Waals surface area contributed by atoms with Crippen LogP contribution >= 0.6 is 0 Å². The minimum atomic E-state index is -0.763. The first-order valence-corrected chi connectivity index (χ1v) is 9.57. The molecule has 23 heavy (non-hydrogen) atoms. The normalized spacial score (nSPS) is 64.3. The van der Waals surface area contributed by atoms with Crippen molar-refractivity contribution in [2.24, 2.45) is 39.9 Å². The first-order valence-electron chi connectivity index (χ1n) is 9.57. The van der Waals surface area contributed by atoms with Crippen molar-refractivity contribution in [1.82, 2.24) is 0 Å². The fraction of sp³-hybridized carbons (Fsp3) is 1.00.